The molecule has 1 N–H and O–H groups in total. The molecule has 0 unspecified atom stereocenters. The molecule has 1 amide bonds. The molecule has 0 saturated carbocycles. The average Bonchev–Trinajstić information content (AvgIpc) is 2.43. The molecule has 2 rings (SSSR count). The van der Waals surface area contributed by atoms with Crippen LogP contribution in [0.2, 0.25) is 0 Å². The van der Waals surface area contributed by atoms with Crippen LogP contribution in [0.3, 0.4) is 0 Å². The van der Waals surface area contributed by atoms with E-state index in [1.807, 2.05) is 49.4 Å². The molecule has 0 aliphatic carbocycles. The topological polar surface area (TPSA) is 29.1 Å². The third-order valence-corrected chi connectivity index (χ3v) is 4.34. The molecule has 0 spiro atoms. The third kappa shape index (κ3) is 4.11. The number of thioether (sulfide) groups is 1. The van der Waals surface area contributed by atoms with Crippen LogP contribution < -0.4 is 5.32 Å². The van der Waals surface area contributed by atoms with Gasteiger partial charge in [-0.15, -0.1) is 11.8 Å². The smallest absolute Gasteiger partial charge is 0.256 e. The highest BCUT2D eigenvalue weighted by Gasteiger charge is 2.12. The van der Waals surface area contributed by atoms with E-state index in [1.165, 1.54) is 11.1 Å². The van der Waals surface area contributed by atoms with E-state index in [0.29, 0.717) is 5.25 Å². The Balaban J connectivity index is 2.22. The molecular weight excluding hydrogens is 278 g/mol. The molecule has 0 bridgehead atoms. The Morgan fingerprint density at radius 1 is 1.05 bits per heavy atom. The molecule has 110 valence electrons. The van der Waals surface area contributed by atoms with Crippen LogP contribution in [0.1, 0.15) is 35.3 Å². The summed E-state index contributed by atoms with van der Waals surface area (Å²) in [6.45, 7) is 8.37. The number of rotatable bonds is 4. The second-order valence-electron chi connectivity index (χ2n) is 5.42. The fourth-order valence-electron chi connectivity index (χ4n) is 2.03. The fourth-order valence-corrected chi connectivity index (χ4v) is 2.98. The van der Waals surface area contributed by atoms with Gasteiger partial charge >= 0.3 is 0 Å². The van der Waals surface area contributed by atoms with Crippen LogP contribution in [-0.4, -0.2) is 11.2 Å². The van der Waals surface area contributed by atoms with Crippen LogP contribution in [0.4, 0.5) is 5.69 Å². The summed E-state index contributed by atoms with van der Waals surface area (Å²) in [6.07, 6.45) is 0. The predicted molar refractivity (Wildman–Crippen MR) is 91.3 cm³/mol. The van der Waals surface area contributed by atoms with Crippen molar-refractivity contribution >= 4 is 23.4 Å². The Bertz CT molecular complexity index is 649. The van der Waals surface area contributed by atoms with E-state index in [4.69, 9.17) is 0 Å². The zero-order valence-electron chi connectivity index (χ0n) is 12.9. The van der Waals surface area contributed by atoms with Crippen molar-refractivity contribution in [2.24, 2.45) is 0 Å². The van der Waals surface area contributed by atoms with Crippen LogP contribution in [0.5, 0.6) is 0 Å². The summed E-state index contributed by atoms with van der Waals surface area (Å²) in [5, 5.41) is 3.43. The number of carbonyl (C=O) groups excluding carboxylic acids is 1. The second kappa shape index (κ2) is 6.81. The van der Waals surface area contributed by atoms with Crippen molar-refractivity contribution in [1.29, 1.82) is 0 Å². The molecule has 0 aliphatic heterocycles. The van der Waals surface area contributed by atoms with Gasteiger partial charge in [-0.2, -0.15) is 0 Å². The van der Waals surface area contributed by atoms with E-state index in [0.717, 1.165) is 16.1 Å². The Morgan fingerprint density at radius 2 is 1.76 bits per heavy atom. The number of aryl methyl sites for hydroxylation is 2. The highest BCUT2D eigenvalue weighted by Crippen LogP contribution is 2.27. The Morgan fingerprint density at radius 3 is 2.43 bits per heavy atom. The van der Waals surface area contributed by atoms with E-state index < -0.39 is 0 Å². The van der Waals surface area contributed by atoms with Gasteiger partial charge in [0.05, 0.1) is 5.56 Å². The van der Waals surface area contributed by atoms with E-state index in [9.17, 15) is 4.79 Å². The van der Waals surface area contributed by atoms with Gasteiger partial charge in [-0.1, -0.05) is 32.0 Å². The van der Waals surface area contributed by atoms with Gasteiger partial charge in [-0.25, -0.2) is 0 Å². The van der Waals surface area contributed by atoms with E-state index in [2.05, 4.69) is 26.1 Å². The molecule has 0 atom stereocenters. The van der Waals surface area contributed by atoms with Gasteiger partial charge in [0.2, 0.25) is 0 Å². The summed E-state index contributed by atoms with van der Waals surface area (Å²) in [5.41, 5.74) is 3.98. The number of nitrogens with one attached hydrogen (secondary N) is 1. The van der Waals surface area contributed by atoms with Crippen molar-refractivity contribution in [3.8, 4) is 0 Å². The fraction of sp³-hybridized carbons (Fsp3) is 0.278. The van der Waals surface area contributed by atoms with Crippen LogP contribution in [0.15, 0.2) is 47.4 Å². The summed E-state index contributed by atoms with van der Waals surface area (Å²) < 4.78 is 0. The normalized spacial score (nSPS) is 10.7. The summed E-state index contributed by atoms with van der Waals surface area (Å²) >= 11 is 1.71. The maximum absolute atomic E-state index is 12.5. The van der Waals surface area contributed by atoms with Gasteiger partial charge in [-0.3, -0.25) is 4.79 Å². The minimum atomic E-state index is -0.0537. The van der Waals surface area contributed by atoms with Gasteiger partial charge in [-0.05, 0) is 49.2 Å². The van der Waals surface area contributed by atoms with Gasteiger partial charge in [0.15, 0.2) is 0 Å². The molecule has 0 aromatic heterocycles. The number of amides is 1. The first-order chi connectivity index (χ1) is 9.97. The number of hydrogen-bond donors (Lipinski definition) is 1. The van der Waals surface area contributed by atoms with Gasteiger partial charge in [0.25, 0.3) is 5.91 Å². The minimum Gasteiger partial charge on any atom is -0.322 e. The maximum atomic E-state index is 12.5. The van der Waals surface area contributed by atoms with Gasteiger partial charge < -0.3 is 5.32 Å². The van der Waals surface area contributed by atoms with Crippen LogP contribution in [-0.2, 0) is 0 Å². The lowest BCUT2D eigenvalue weighted by molar-refractivity contribution is 0.102. The van der Waals surface area contributed by atoms with Crippen molar-refractivity contribution in [3.05, 3.63) is 59.2 Å². The summed E-state index contributed by atoms with van der Waals surface area (Å²) in [6, 6.07) is 13.7. The summed E-state index contributed by atoms with van der Waals surface area (Å²) in [5.74, 6) is -0.0537. The van der Waals surface area contributed by atoms with E-state index >= 15 is 0 Å². The van der Waals surface area contributed by atoms with E-state index in [-0.39, 0.29) is 5.91 Å². The molecule has 0 saturated heterocycles. The van der Waals surface area contributed by atoms with Crippen molar-refractivity contribution in [3.63, 3.8) is 0 Å². The van der Waals surface area contributed by atoms with Crippen molar-refractivity contribution in [2.75, 3.05) is 5.32 Å². The molecule has 2 nitrogen and oxygen atoms in total. The third-order valence-electron chi connectivity index (χ3n) is 3.26. The lowest BCUT2D eigenvalue weighted by Gasteiger charge is -2.12. The first-order valence-corrected chi connectivity index (χ1v) is 7.99. The van der Waals surface area contributed by atoms with Crippen molar-refractivity contribution in [1.82, 2.24) is 0 Å². The first kappa shape index (κ1) is 15.6. The first-order valence-electron chi connectivity index (χ1n) is 7.11. The number of benzene rings is 2. The zero-order valence-corrected chi connectivity index (χ0v) is 13.8. The molecule has 0 aliphatic rings. The average molecular weight is 299 g/mol. The Kier molecular flexibility index (Phi) is 5.07. The molecule has 2 aromatic rings. The molecule has 0 radical (unpaired) electrons. The summed E-state index contributed by atoms with van der Waals surface area (Å²) in [7, 11) is 0. The van der Waals surface area contributed by atoms with Gasteiger partial charge in [0, 0.05) is 15.8 Å². The highest BCUT2D eigenvalue weighted by atomic mass is 32.2. The second-order valence-corrected chi connectivity index (χ2v) is 7.03. The minimum absolute atomic E-state index is 0.0537. The van der Waals surface area contributed by atoms with Crippen LogP contribution >= 0.6 is 11.8 Å². The molecule has 3 heteroatoms. The monoisotopic (exact) mass is 299 g/mol. The highest BCUT2D eigenvalue weighted by molar-refractivity contribution is 8.00. The predicted octanol–water partition coefficient (Wildman–Crippen LogP) is 5.06. The van der Waals surface area contributed by atoms with E-state index in [1.54, 1.807) is 11.8 Å². The lowest BCUT2D eigenvalue weighted by Crippen LogP contribution is -2.13. The number of hydrogen-bond acceptors (Lipinski definition) is 2. The van der Waals surface area contributed by atoms with Crippen molar-refractivity contribution < 1.29 is 4.79 Å². The maximum Gasteiger partial charge on any atom is 0.256 e. The quantitative estimate of drug-likeness (QED) is 0.800. The Labute approximate surface area is 131 Å². The van der Waals surface area contributed by atoms with Crippen LogP contribution in [0.25, 0.3) is 0 Å². The SMILES string of the molecule is Cc1ccc(NC(=O)c2ccccc2SC(C)C)cc1C. The number of carbonyl (C=O) groups is 1. The molecular formula is C18H21NOS. The van der Waals surface area contributed by atoms with Crippen LogP contribution in [0, 0.1) is 13.8 Å². The summed E-state index contributed by atoms with van der Waals surface area (Å²) in [4.78, 5) is 13.5. The largest absolute Gasteiger partial charge is 0.322 e. The number of anilines is 1. The zero-order chi connectivity index (χ0) is 15.4. The molecule has 0 heterocycles. The molecule has 21 heavy (non-hydrogen) atoms. The molecule has 0 fully saturated rings. The molecule has 2 aromatic carbocycles. The van der Waals surface area contributed by atoms with Crippen molar-refractivity contribution in [2.45, 2.75) is 37.8 Å². The Hall–Kier alpha value is -1.74. The lowest BCUT2D eigenvalue weighted by atomic mass is 10.1. The van der Waals surface area contributed by atoms with Gasteiger partial charge in [0.1, 0.15) is 0 Å². The standard InChI is InChI=1S/C18H21NOS/c1-12(2)21-17-8-6-5-7-16(17)18(20)19-15-10-9-13(3)14(4)11-15/h5-12H,1-4H3,(H,19,20).